The lowest BCUT2D eigenvalue weighted by atomic mass is 10.1. The standard InChI is InChI=1S/C16H23NO4S/c1-13-7-6-10-15(11-13)22(20,21)17(12-16(18)19)14-8-4-2-3-5-9-14/h6-7,10-11,14H,2-5,8-9,12H2,1H3,(H,18,19). The third-order valence-corrected chi connectivity index (χ3v) is 6.01. The molecule has 0 atom stereocenters. The molecule has 0 aromatic heterocycles. The van der Waals surface area contributed by atoms with Crippen LogP contribution >= 0.6 is 0 Å². The summed E-state index contributed by atoms with van der Waals surface area (Å²) in [4.78, 5) is 11.4. The van der Waals surface area contributed by atoms with Gasteiger partial charge in [-0.05, 0) is 37.5 Å². The SMILES string of the molecule is Cc1cccc(S(=O)(=O)N(CC(=O)O)C2CCCCCC2)c1. The summed E-state index contributed by atoms with van der Waals surface area (Å²) >= 11 is 0. The van der Waals surface area contributed by atoms with Gasteiger partial charge in [0, 0.05) is 6.04 Å². The Morgan fingerprint density at radius 2 is 1.86 bits per heavy atom. The summed E-state index contributed by atoms with van der Waals surface area (Å²) in [5, 5.41) is 9.14. The predicted molar refractivity (Wildman–Crippen MR) is 84.2 cm³/mol. The van der Waals surface area contributed by atoms with E-state index in [9.17, 15) is 13.2 Å². The first-order chi connectivity index (χ1) is 10.4. The first-order valence-electron chi connectivity index (χ1n) is 7.71. The van der Waals surface area contributed by atoms with Gasteiger partial charge in [-0.1, -0.05) is 37.8 Å². The molecular weight excluding hydrogens is 302 g/mol. The smallest absolute Gasteiger partial charge is 0.318 e. The van der Waals surface area contributed by atoms with Gasteiger partial charge in [0.05, 0.1) is 4.90 Å². The van der Waals surface area contributed by atoms with Crippen LogP contribution in [0.25, 0.3) is 0 Å². The van der Waals surface area contributed by atoms with E-state index in [1.807, 2.05) is 13.0 Å². The molecule has 0 spiro atoms. The highest BCUT2D eigenvalue weighted by Gasteiger charge is 2.33. The van der Waals surface area contributed by atoms with Crippen LogP contribution in [0.1, 0.15) is 44.1 Å². The maximum atomic E-state index is 12.9. The first-order valence-corrected chi connectivity index (χ1v) is 9.15. The number of carboxylic acid groups (broad SMARTS) is 1. The lowest BCUT2D eigenvalue weighted by Gasteiger charge is -2.29. The minimum atomic E-state index is -3.78. The molecule has 122 valence electrons. The second-order valence-corrected chi connectivity index (χ2v) is 7.80. The zero-order valence-electron chi connectivity index (χ0n) is 12.9. The van der Waals surface area contributed by atoms with Crippen LogP contribution in [0.2, 0.25) is 0 Å². The van der Waals surface area contributed by atoms with E-state index in [-0.39, 0.29) is 10.9 Å². The van der Waals surface area contributed by atoms with Crippen LogP contribution < -0.4 is 0 Å². The molecule has 0 unspecified atom stereocenters. The molecule has 1 aliphatic carbocycles. The molecule has 0 heterocycles. The number of nitrogens with zero attached hydrogens (tertiary/aromatic N) is 1. The molecule has 2 rings (SSSR count). The highest BCUT2D eigenvalue weighted by molar-refractivity contribution is 7.89. The molecule has 1 fully saturated rings. The second kappa shape index (κ2) is 7.24. The fourth-order valence-corrected chi connectivity index (χ4v) is 4.74. The fourth-order valence-electron chi connectivity index (χ4n) is 3.00. The van der Waals surface area contributed by atoms with Gasteiger partial charge in [0.25, 0.3) is 0 Å². The Morgan fingerprint density at radius 1 is 1.23 bits per heavy atom. The first kappa shape index (κ1) is 17.0. The zero-order valence-corrected chi connectivity index (χ0v) is 13.7. The molecule has 1 aliphatic rings. The van der Waals surface area contributed by atoms with Crippen molar-refractivity contribution in [3.05, 3.63) is 29.8 Å². The Labute approximate surface area is 132 Å². The predicted octanol–water partition coefficient (Wildman–Crippen LogP) is 2.79. The molecule has 0 amide bonds. The number of carbonyl (C=O) groups is 1. The van der Waals surface area contributed by atoms with Gasteiger partial charge < -0.3 is 5.11 Å². The van der Waals surface area contributed by atoms with E-state index in [1.165, 1.54) is 10.4 Å². The summed E-state index contributed by atoms with van der Waals surface area (Å²) < 4.78 is 27.0. The topological polar surface area (TPSA) is 74.7 Å². The van der Waals surface area contributed by atoms with E-state index in [0.717, 1.165) is 44.1 Å². The molecule has 0 saturated heterocycles. The van der Waals surface area contributed by atoms with Crippen LogP contribution in [-0.4, -0.2) is 36.4 Å². The highest BCUT2D eigenvalue weighted by atomic mass is 32.2. The van der Waals surface area contributed by atoms with Crippen LogP contribution in [-0.2, 0) is 14.8 Å². The lowest BCUT2D eigenvalue weighted by molar-refractivity contribution is -0.137. The molecule has 0 aliphatic heterocycles. The molecule has 0 radical (unpaired) electrons. The summed E-state index contributed by atoms with van der Waals surface area (Å²) in [6.45, 7) is 1.35. The van der Waals surface area contributed by atoms with Crippen molar-refractivity contribution in [1.29, 1.82) is 0 Å². The number of hydrogen-bond donors (Lipinski definition) is 1. The van der Waals surface area contributed by atoms with Gasteiger partial charge in [0.15, 0.2) is 0 Å². The third-order valence-electron chi connectivity index (χ3n) is 4.12. The third kappa shape index (κ3) is 4.08. The zero-order chi connectivity index (χ0) is 16.2. The van der Waals surface area contributed by atoms with Crippen LogP contribution in [0.5, 0.6) is 0 Å². The van der Waals surface area contributed by atoms with Gasteiger partial charge in [0.1, 0.15) is 6.54 Å². The van der Waals surface area contributed by atoms with Crippen molar-refractivity contribution in [2.75, 3.05) is 6.54 Å². The largest absolute Gasteiger partial charge is 0.480 e. The van der Waals surface area contributed by atoms with Crippen molar-refractivity contribution in [2.45, 2.75) is 56.4 Å². The number of aryl methyl sites for hydroxylation is 1. The summed E-state index contributed by atoms with van der Waals surface area (Å²) in [5.74, 6) is -1.11. The molecule has 5 nitrogen and oxygen atoms in total. The summed E-state index contributed by atoms with van der Waals surface area (Å²) in [7, 11) is -3.78. The summed E-state index contributed by atoms with van der Waals surface area (Å²) in [6.07, 6.45) is 5.54. The molecule has 1 aromatic carbocycles. The Bertz CT molecular complexity index is 619. The minimum Gasteiger partial charge on any atom is -0.480 e. The monoisotopic (exact) mass is 325 g/mol. The Hall–Kier alpha value is -1.40. The van der Waals surface area contributed by atoms with Crippen molar-refractivity contribution in [2.24, 2.45) is 0 Å². The van der Waals surface area contributed by atoms with E-state index < -0.39 is 22.5 Å². The summed E-state index contributed by atoms with van der Waals surface area (Å²) in [6, 6.07) is 6.43. The number of aliphatic carboxylic acids is 1. The van der Waals surface area contributed by atoms with Gasteiger partial charge in [-0.15, -0.1) is 0 Å². The van der Waals surface area contributed by atoms with E-state index in [1.54, 1.807) is 12.1 Å². The molecule has 6 heteroatoms. The molecule has 22 heavy (non-hydrogen) atoms. The van der Waals surface area contributed by atoms with Gasteiger partial charge >= 0.3 is 5.97 Å². The maximum absolute atomic E-state index is 12.9. The van der Waals surface area contributed by atoms with Gasteiger partial charge in [-0.2, -0.15) is 4.31 Å². The fraction of sp³-hybridized carbons (Fsp3) is 0.562. The van der Waals surface area contributed by atoms with Crippen LogP contribution in [0.15, 0.2) is 29.2 Å². The van der Waals surface area contributed by atoms with E-state index >= 15 is 0 Å². The van der Waals surface area contributed by atoms with Crippen molar-refractivity contribution in [1.82, 2.24) is 4.31 Å². The number of carboxylic acids is 1. The van der Waals surface area contributed by atoms with E-state index in [0.29, 0.717) is 0 Å². The van der Waals surface area contributed by atoms with Gasteiger partial charge in [0.2, 0.25) is 10.0 Å². The van der Waals surface area contributed by atoms with Gasteiger partial charge in [-0.3, -0.25) is 4.79 Å². The van der Waals surface area contributed by atoms with Gasteiger partial charge in [-0.25, -0.2) is 8.42 Å². The average Bonchev–Trinajstić information content (AvgIpc) is 2.73. The van der Waals surface area contributed by atoms with Crippen molar-refractivity contribution < 1.29 is 18.3 Å². The van der Waals surface area contributed by atoms with Crippen molar-refractivity contribution >= 4 is 16.0 Å². The lowest BCUT2D eigenvalue weighted by Crippen LogP contribution is -2.43. The van der Waals surface area contributed by atoms with E-state index in [2.05, 4.69) is 0 Å². The highest BCUT2D eigenvalue weighted by Crippen LogP contribution is 2.27. The Kier molecular flexibility index (Phi) is 5.58. The Balaban J connectivity index is 2.36. The summed E-state index contributed by atoms with van der Waals surface area (Å²) in [5.41, 5.74) is 0.845. The van der Waals surface area contributed by atoms with Crippen LogP contribution in [0.4, 0.5) is 0 Å². The number of rotatable bonds is 5. The quantitative estimate of drug-likeness (QED) is 0.845. The normalized spacial score (nSPS) is 17.4. The second-order valence-electron chi connectivity index (χ2n) is 5.91. The molecule has 1 N–H and O–H groups in total. The molecule has 0 bridgehead atoms. The van der Waals surface area contributed by atoms with Crippen LogP contribution in [0.3, 0.4) is 0 Å². The Morgan fingerprint density at radius 3 is 2.41 bits per heavy atom. The van der Waals surface area contributed by atoms with E-state index in [4.69, 9.17) is 5.11 Å². The molecular formula is C16H23NO4S. The van der Waals surface area contributed by atoms with Crippen molar-refractivity contribution in [3.8, 4) is 0 Å². The average molecular weight is 325 g/mol. The van der Waals surface area contributed by atoms with Crippen molar-refractivity contribution in [3.63, 3.8) is 0 Å². The van der Waals surface area contributed by atoms with Crippen LogP contribution in [0, 0.1) is 6.92 Å². The minimum absolute atomic E-state index is 0.179. The number of hydrogen-bond acceptors (Lipinski definition) is 3. The molecule has 1 aromatic rings. The number of sulfonamides is 1. The molecule has 1 saturated carbocycles. The number of benzene rings is 1. The maximum Gasteiger partial charge on any atom is 0.318 e.